The third-order valence-electron chi connectivity index (χ3n) is 2.40. The Morgan fingerprint density at radius 3 is 2.94 bits per heavy atom. The van der Waals surface area contributed by atoms with E-state index in [1.807, 2.05) is 0 Å². The predicted molar refractivity (Wildman–Crippen MR) is 49.7 cm³/mol. The number of fused-ring (bicyclic) bond motifs is 1. The van der Waals surface area contributed by atoms with Crippen LogP contribution < -0.4 is 5.32 Å². The van der Waals surface area contributed by atoms with Gasteiger partial charge in [-0.15, -0.1) is 5.10 Å². The second-order valence-electron chi connectivity index (χ2n) is 3.69. The van der Waals surface area contributed by atoms with E-state index in [-0.39, 0.29) is 18.4 Å². The molecule has 0 aromatic carbocycles. The molecule has 88 valence electrons. The van der Waals surface area contributed by atoms with Gasteiger partial charge in [-0.05, 0) is 13.3 Å². The summed E-state index contributed by atoms with van der Waals surface area (Å²) in [6.45, 7) is 1.73. The molecule has 16 heavy (non-hydrogen) atoms. The summed E-state index contributed by atoms with van der Waals surface area (Å²) in [5, 5.41) is 15.0. The smallest absolute Gasteiger partial charge is 0.375 e. The number of rotatable bonds is 2. The van der Waals surface area contributed by atoms with E-state index in [4.69, 9.17) is 5.11 Å². The highest BCUT2D eigenvalue weighted by Crippen LogP contribution is 2.29. The zero-order chi connectivity index (χ0) is 11.9. The summed E-state index contributed by atoms with van der Waals surface area (Å²) in [6, 6.07) is -1.30. The van der Waals surface area contributed by atoms with Crippen LogP contribution in [0, 0.1) is 0 Å². The summed E-state index contributed by atoms with van der Waals surface area (Å²) >= 11 is 0. The van der Waals surface area contributed by atoms with E-state index >= 15 is 0 Å². The summed E-state index contributed by atoms with van der Waals surface area (Å²) in [5.74, 6) is -1.71. The third kappa shape index (κ3) is 1.70. The van der Waals surface area contributed by atoms with Crippen LogP contribution in [0.15, 0.2) is 0 Å². The maximum atomic E-state index is 12.7. The topological polar surface area (TPSA) is 80.0 Å². The van der Waals surface area contributed by atoms with Crippen LogP contribution in [0.2, 0.25) is 0 Å². The summed E-state index contributed by atoms with van der Waals surface area (Å²) in [4.78, 5) is 14.3. The van der Waals surface area contributed by atoms with Gasteiger partial charge in [0.15, 0.2) is 0 Å². The van der Waals surface area contributed by atoms with Gasteiger partial charge in [0.05, 0.1) is 0 Å². The van der Waals surface area contributed by atoms with Gasteiger partial charge in [0.2, 0.25) is 5.95 Å². The van der Waals surface area contributed by atoms with Crippen LogP contribution in [0.1, 0.15) is 30.0 Å². The van der Waals surface area contributed by atoms with Crippen molar-refractivity contribution < 1.29 is 18.7 Å². The fourth-order valence-electron chi connectivity index (χ4n) is 1.69. The predicted octanol–water partition coefficient (Wildman–Crippen LogP) is 0.987. The molecule has 2 rings (SSSR count). The van der Waals surface area contributed by atoms with E-state index in [1.165, 1.54) is 0 Å². The standard InChI is InChI=1S/C8H10F2N4O2/c1-3-2-4(5(9)10)14-8(11-3)12-6(13-14)7(15)16/h3-5H,2H2,1H3,(H,15,16)(H,11,12,13). The minimum Gasteiger partial charge on any atom is -0.475 e. The van der Waals surface area contributed by atoms with Crippen molar-refractivity contribution in [2.45, 2.75) is 31.9 Å². The van der Waals surface area contributed by atoms with Crippen molar-refractivity contribution >= 4 is 11.9 Å². The van der Waals surface area contributed by atoms with Crippen LogP contribution in [-0.2, 0) is 0 Å². The molecule has 2 unspecified atom stereocenters. The largest absolute Gasteiger partial charge is 0.475 e. The molecule has 2 heterocycles. The van der Waals surface area contributed by atoms with Gasteiger partial charge in [-0.25, -0.2) is 18.3 Å². The molecule has 0 saturated carbocycles. The first-order valence-corrected chi connectivity index (χ1v) is 4.73. The van der Waals surface area contributed by atoms with Crippen molar-refractivity contribution in [3.8, 4) is 0 Å². The highest BCUT2D eigenvalue weighted by atomic mass is 19.3. The molecular weight excluding hydrogens is 222 g/mol. The first kappa shape index (κ1) is 10.8. The molecule has 0 fully saturated rings. The van der Waals surface area contributed by atoms with Crippen molar-refractivity contribution in [1.82, 2.24) is 14.8 Å². The number of carboxylic acid groups (broad SMARTS) is 1. The molecule has 2 atom stereocenters. The molecule has 0 aliphatic carbocycles. The van der Waals surface area contributed by atoms with E-state index in [0.29, 0.717) is 0 Å². The Labute approximate surface area is 89.3 Å². The average Bonchev–Trinajstić information content (AvgIpc) is 2.59. The molecule has 0 saturated heterocycles. The molecule has 2 N–H and O–H groups in total. The number of nitrogens with one attached hydrogen (secondary N) is 1. The van der Waals surface area contributed by atoms with Gasteiger partial charge in [-0.2, -0.15) is 4.98 Å². The highest BCUT2D eigenvalue weighted by molar-refractivity contribution is 5.83. The van der Waals surface area contributed by atoms with E-state index in [9.17, 15) is 13.6 Å². The number of anilines is 1. The SMILES string of the molecule is CC1CC(C(F)F)n2nc(C(=O)O)nc2N1. The Bertz CT molecular complexity index is 420. The van der Waals surface area contributed by atoms with Gasteiger partial charge in [0.25, 0.3) is 12.2 Å². The van der Waals surface area contributed by atoms with Gasteiger partial charge < -0.3 is 10.4 Å². The van der Waals surface area contributed by atoms with Crippen molar-refractivity contribution in [3.05, 3.63) is 5.82 Å². The molecule has 0 radical (unpaired) electrons. The minimum absolute atomic E-state index is 0.0847. The molecular formula is C8H10F2N4O2. The van der Waals surface area contributed by atoms with Crippen molar-refractivity contribution in [2.24, 2.45) is 0 Å². The maximum absolute atomic E-state index is 12.7. The molecule has 0 amide bonds. The van der Waals surface area contributed by atoms with Gasteiger partial charge in [0, 0.05) is 6.04 Å². The summed E-state index contributed by atoms with van der Waals surface area (Å²) in [6.07, 6.45) is -2.40. The Hall–Kier alpha value is -1.73. The van der Waals surface area contributed by atoms with E-state index in [1.54, 1.807) is 6.92 Å². The Morgan fingerprint density at radius 1 is 1.69 bits per heavy atom. The fraction of sp³-hybridized carbons (Fsp3) is 0.625. The minimum atomic E-state index is -2.59. The molecule has 1 aromatic rings. The highest BCUT2D eigenvalue weighted by Gasteiger charge is 2.33. The van der Waals surface area contributed by atoms with Crippen LogP contribution in [0.5, 0.6) is 0 Å². The van der Waals surface area contributed by atoms with Crippen LogP contribution in [-0.4, -0.2) is 38.3 Å². The average molecular weight is 232 g/mol. The quantitative estimate of drug-likeness (QED) is 0.794. The number of aromatic carboxylic acids is 1. The summed E-state index contributed by atoms with van der Waals surface area (Å²) in [7, 11) is 0. The van der Waals surface area contributed by atoms with E-state index in [2.05, 4.69) is 15.4 Å². The first-order chi connectivity index (χ1) is 7.49. The van der Waals surface area contributed by atoms with E-state index < -0.39 is 24.3 Å². The van der Waals surface area contributed by atoms with Crippen LogP contribution in [0.25, 0.3) is 0 Å². The van der Waals surface area contributed by atoms with Gasteiger partial charge in [0.1, 0.15) is 6.04 Å². The van der Waals surface area contributed by atoms with Gasteiger partial charge >= 0.3 is 5.97 Å². The maximum Gasteiger partial charge on any atom is 0.375 e. The lowest BCUT2D eigenvalue weighted by Crippen LogP contribution is -2.33. The number of hydrogen-bond donors (Lipinski definition) is 2. The number of carboxylic acids is 1. The Kier molecular flexibility index (Phi) is 2.49. The zero-order valence-electron chi connectivity index (χ0n) is 8.39. The number of alkyl halides is 2. The molecule has 1 aromatic heterocycles. The molecule has 0 bridgehead atoms. The molecule has 1 aliphatic heterocycles. The monoisotopic (exact) mass is 232 g/mol. The summed E-state index contributed by atoms with van der Waals surface area (Å²) < 4.78 is 26.4. The van der Waals surface area contributed by atoms with Crippen molar-refractivity contribution in [3.63, 3.8) is 0 Å². The van der Waals surface area contributed by atoms with Crippen molar-refractivity contribution in [1.29, 1.82) is 0 Å². The fourth-order valence-corrected chi connectivity index (χ4v) is 1.69. The van der Waals surface area contributed by atoms with Gasteiger partial charge in [-0.3, -0.25) is 0 Å². The first-order valence-electron chi connectivity index (χ1n) is 4.73. The normalized spacial score (nSPS) is 24.0. The number of halogens is 2. The van der Waals surface area contributed by atoms with Crippen molar-refractivity contribution in [2.75, 3.05) is 5.32 Å². The molecule has 0 spiro atoms. The second-order valence-corrected chi connectivity index (χ2v) is 3.69. The Morgan fingerprint density at radius 2 is 2.38 bits per heavy atom. The number of hydrogen-bond acceptors (Lipinski definition) is 4. The summed E-state index contributed by atoms with van der Waals surface area (Å²) in [5.41, 5.74) is 0. The van der Waals surface area contributed by atoms with Crippen LogP contribution >= 0.6 is 0 Å². The van der Waals surface area contributed by atoms with E-state index in [0.717, 1.165) is 4.68 Å². The Balaban J connectivity index is 2.41. The third-order valence-corrected chi connectivity index (χ3v) is 2.40. The zero-order valence-corrected chi connectivity index (χ0v) is 8.39. The lowest BCUT2D eigenvalue weighted by molar-refractivity contribution is 0.0630. The lowest BCUT2D eigenvalue weighted by atomic mass is 10.1. The van der Waals surface area contributed by atoms with Crippen LogP contribution in [0.3, 0.4) is 0 Å². The number of nitrogens with zero attached hydrogens (tertiary/aromatic N) is 3. The second kappa shape index (κ2) is 3.69. The molecule has 6 nitrogen and oxygen atoms in total. The number of aromatic nitrogens is 3. The number of carbonyl (C=O) groups is 1. The molecule has 8 heteroatoms. The molecule has 1 aliphatic rings. The van der Waals surface area contributed by atoms with Gasteiger partial charge in [-0.1, -0.05) is 0 Å². The lowest BCUT2D eigenvalue weighted by Gasteiger charge is -2.28. The van der Waals surface area contributed by atoms with Crippen LogP contribution in [0.4, 0.5) is 14.7 Å².